The van der Waals surface area contributed by atoms with Crippen LogP contribution in [0.1, 0.15) is 16.7 Å². The zero-order valence-electron chi connectivity index (χ0n) is 46.4. The van der Waals surface area contributed by atoms with E-state index in [1.165, 1.54) is 74.7 Å². The summed E-state index contributed by atoms with van der Waals surface area (Å²) in [6, 6.07) is 105. The lowest BCUT2D eigenvalue weighted by molar-refractivity contribution is 1.18. The van der Waals surface area contributed by atoms with Crippen molar-refractivity contribution < 1.29 is 0 Å². The summed E-state index contributed by atoms with van der Waals surface area (Å²) in [7, 11) is 0. The van der Waals surface area contributed by atoms with Gasteiger partial charge in [0.2, 0.25) is 0 Å². The number of nitriles is 3. The third-order valence-electron chi connectivity index (χ3n) is 14.7. The van der Waals surface area contributed by atoms with Gasteiger partial charge in [-0.05, 0) is 205 Å². The van der Waals surface area contributed by atoms with Gasteiger partial charge in [-0.15, -0.1) is 0 Å². The van der Waals surface area contributed by atoms with Crippen molar-refractivity contribution in [2.45, 2.75) is 0 Å². The summed E-state index contributed by atoms with van der Waals surface area (Å²) < 4.78 is 8.21. The minimum Gasteiger partial charge on any atom is -0.399 e. The van der Waals surface area contributed by atoms with Crippen LogP contribution in [0.25, 0.3) is 82.5 Å². The van der Waals surface area contributed by atoms with Crippen molar-refractivity contribution in [3.8, 4) is 35.3 Å². The Morgan fingerprint density at radius 2 is 0.570 bits per heavy atom. The van der Waals surface area contributed by atoms with Crippen molar-refractivity contribution in [3.05, 3.63) is 311 Å². The van der Waals surface area contributed by atoms with E-state index in [4.69, 9.17) is 21.5 Å². The average molecular weight is 1220 g/mol. The molecule has 3 heterocycles. The maximum Gasteiger partial charge on any atom is 0.0991 e. The second kappa shape index (κ2) is 25.9. The van der Waals surface area contributed by atoms with E-state index in [1.54, 1.807) is 24.3 Å². The van der Waals surface area contributed by atoms with Crippen molar-refractivity contribution in [2.75, 3.05) is 16.4 Å². The molecule has 0 aliphatic carbocycles. The SMILES string of the molecule is Ic1ccc2c(c1)c1ccccc1n2-c1ccccc1.N#Cc1ccc(N)cc1.N#Cc1ccc(Nc2ccc3c(c2)c2ccccc2n3-c2ccccc2)cc1.N#Cc1ccc(Nc2ccc3c(c2)c2ccccc2n3-c2ccccc2)cc1.[B]. The molecule has 0 unspecified atom stereocenters. The molecule has 0 fully saturated rings. The zero-order valence-corrected chi connectivity index (χ0v) is 48.6. The van der Waals surface area contributed by atoms with Crippen molar-refractivity contribution in [1.82, 2.24) is 13.7 Å². The normalized spacial score (nSPS) is 10.5. The summed E-state index contributed by atoms with van der Waals surface area (Å²) in [5.41, 5.74) is 22.8. The third kappa shape index (κ3) is 12.0. The number of aromatic nitrogens is 3. The maximum absolute atomic E-state index is 8.96. The van der Waals surface area contributed by atoms with Crippen LogP contribution in [0.4, 0.5) is 28.4 Å². The monoisotopic (exact) mass is 1220 g/mol. The minimum absolute atomic E-state index is 0. The largest absolute Gasteiger partial charge is 0.399 e. The van der Waals surface area contributed by atoms with Gasteiger partial charge in [0, 0.05) is 89.8 Å². The number of hydrogen-bond acceptors (Lipinski definition) is 6. The van der Waals surface area contributed by atoms with Gasteiger partial charge in [-0.25, -0.2) is 0 Å². The fourth-order valence-electron chi connectivity index (χ4n) is 10.8. The molecule has 0 aliphatic heterocycles. The molecule has 0 spiro atoms. The van der Waals surface area contributed by atoms with Gasteiger partial charge < -0.3 is 30.1 Å². The predicted molar refractivity (Wildman–Crippen MR) is 365 cm³/mol. The third-order valence-corrected chi connectivity index (χ3v) is 15.3. The Balaban J connectivity index is 0.000000126. The highest BCUT2D eigenvalue weighted by molar-refractivity contribution is 14.1. The first-order valence-electron chi connectivity index (χ1n) is 27.6. The second-order valence-electron chi connectivity index (χ2n) is 20.1. The topological polar surface area (TPSA) is 136 Å². The van der Waals surface area contributed by atoms with Gasteiger partial charge >= 0.3 is 0 Å². The Kier molecular flexibility index (Phi) is 17.0. The number of halogens is 1. The van der Waals surface area contributed by atoms with E-state index < -0.39 is 0 Å². The Morgan fingerprint density at radius 3 is 0.919 bits per heavy atom. The quantitative estimate of drug-likeness (QED) is 0.0826. The Bertz CT molecular complexity index is 4770. The van der Waals surface area contributed by atoms with Crippen LogP contribution in [-0.4, -0.2) is 22.1 Å². The summed E-state index contributed by atoms with van der Waals surface area (Å²) in [5.74, 6) is 0. The van der Waals surface area contributed by atoms with E-state index in [1.807, 2.05) is 66.7 Å². The number of benzene rings is 12. The first-order chi connectivity index (χ1) is 41.8. The predicted octanol–water partition coefficient (Wildman–Crippen LogP) is 18.9. The molecular weight excluding hydrogens is 1160 g/mol. The number of nitrogen functional groups attached to an aromatic ring is 1. The summed E-state index contributed by atoms with van der Waals surface area (Å²) in [6.45, 7) is 0. The highest BCUT2D eigenvalue weighted by Gasteiger charge is 2.15. The number of anilines is 5. The maximum atomic E-state index is 8.96. The highest BCUT2D eigenvalue weighted by atomic mass is 127. The summed E-state index contributed by atoms with van der Waals surface area (Å²) >= 11 is 2.38. The number of hydrogen-bond donors (Lipinski definition) is 3. The number of rotatable bonds is 7. The fourth-order valence-corrected chi connectivity index (χ4v) is 11.3. The molecule has 11 heteroatoms. The van der Waals surface area contributed by atoms with Crippen LogP contribution in [0.3, 0.4) is 0 Å². The molecule has 407 valence electrons. The van der Waals surface area contributed by atoms with Crippen LogP contribution in [0.5, 0.6) is 0 Å². The molecule has 0 saturated heterocycles. The lowest BCUT2D eigenvalue weighted by atomic mass is 10.1. The fraction of sp³-hybridized carbons (Fsp3) is 0. The molecule has 15 rings (SSSR count). The van der Waals surface area contributed by atoms with Gasteiger partial charge in [-0.3, -0.25) is 0 Å². The van der Waals surface area contributed by atoms with Crippen molar-refractivity contribution in [1.29, 1.82) is 15.8 Å². The molecule has 15 aromatic rings. The number of nitrogens with one attached hydrogen (secondary N) is 2. The van der Waals surface area contributed by atoms with Gasteiger partial charge in [-0.1, -0.05) is 109 Å². The summed E-state index contributed by atoms with van der Waals surface area (Å²) in [5, 5.41) is 40.6. The van der Waals surface area contributed by atoms with Gasteiger partial charge in [0.15, 0.2) is 0 Å². The first kappa shape index (κ1) is 56.6. The van der Waals surface area contributed by atoms with E-state index >= 15 is 0 Å². The average Bonchev–Trinajstić information content (AvgIpc) is 2.39. The molecule has 86 heavy (non-hydrogen) atoms. The Labute approximate surface area is 514 Å². The lowest BCUT2D eigenvalue weighted by Gasteiger charge is -2.09. The van der Waals surface area contributed by atoms with Gasteiger partial charge in [0.25, 0.3) is 0 Å². The van der Waals surface area contributed by atoms with E-state index in [0.29, 0.717) is 22.4 Å². The van der Waals surface area contributed by atoms with Crippen LogP contribution in [0.2, 0.25) is 0 Å². The molecule has 0 atom stereocenters. The molecule has 9 nitrogen and oxygen atoms in total. The zero-order chi connectivity index (χ0) is 58.1. The van der Waals surface area contributed by atoms with Crippen molar-refractivity contribution in [2.24, 2.45) is 0 Å². The molecule has 0 amide bonds. The van der Waals surface area contributed by atoms with Crippen LogP contribution in [0.15, 0.2) is 291 Å². The van der Waals surface area contributed by atoms with Gasteiger partial charge in [-0.2, -0.15) is 15.8 Å². The molecule has 0 aliphatic rings. The van der Waals surface area contributed by atoms with E-state index in [-0.39, 0.29) is 8.41 Å². The number of nitrogens with zero attached hydrogens (tertiary/aromatic N) is 6. The smallest absolute Gasteiger partial charge is 0.0991 e. The Morgan fingerprint density at radius 1 is 0.291 bits per heavy atom. The molecule has 0 bridgehead atoms. The van der Waals surface area contributed by atoms with Crippen LogP contribution < -0.4 is 16.4 Å². The summed E-state index contributed by atoms with van der Waals surface area (Å²) in [4.78, 5) is 0. The molecule has 0 saturated carbocycles. The van der Waals surface area contributed by atoms with Gasteiger partial charge in [0.05, 0.1) is 68.0 Å². The first-order valence-corrected chi connectivity index (χ1v) is 28.6. The van der Waals surface area contributed by atoms with E-state index in [2.05, 4.69) is 265 Å². The minimum atomic E-state index is 0. The molecule has 3 radical (unpaired) electrons. The standard InChI is InChI=1S/2C25H17N3.C18H12IN.C7H6N2.B/c2*26-17-18-10-12-19(13-11-18)27-20-14-15-25-23(16-20)22-8-4-5-9-24(22)28(25)21-6-2-1-3-7-21;19-13-10-11-18-16(12-13)15-8-4-5-9-17(15)20(18)14-6-2-1-3-7-14;8-5-6-1-3-7(9)4-2-6;/h2*1-16,27H;1-12H;1-4H,9H2;. The number of nitrogens with two attached hydrogens (primary N) is 1. The van der Waals surface area contributed by atoms with Crippen LogP contribution in [-0.2, 0) is 0 Å². The molecule has 4 N–H and O–H groups in total. The molecule has 12 aromatic carbocycles. The molecule has 3 aromatic heterocycles. The number of para-hydroxylation sites is 6. The summed E-state index contributed by atoms with van der Waals surface area (Å²) in [6.07, 6.45) is 0. The second-order valence-corrected chi connectivity index (χ2v) is 21.3. The highest BCUT2D eigenvalue weighted by Crippen LogP contribution is 2.37. The van der Waals surface area contributed by atoms with Crippen LogP contribution >= 0.6 is 22.6 Å². The van der Waals surface area contributed by atoms with Gasteiger partial charge in [0.1, 0.15) is 0 Å². The van der Waals surface area contributed by atoms with E-state index in [0.717, 1.165) is 34.1 Å². The van der Waals surface area contributed by atoms with Crippen LogP contribution in [0, 0.1) is 37.6 Å². The number of fused-ring (bicyclic) bond motifs is 9. The van der Waals surface area contributed by atoms with E-state index in [9.17, 15) is 0 Å². The van der Waals surface area contributed by atoms with Crippen molar-refractivity contribution >= 4 is 125 Å². The molecular formula is C75H52BIN9. The lowest BCUT2D eigenvalue weighted by Crippen LogP contribution is -1.93. The Hall–Kier alpha value is -11.3. The van der Waals surface area contributed by atoms with Crippen molar-refractivity contribution in [3.63, 3.8) is 0 Å².